The summed E-state index contributed by atoms with van der Waals surface area (Å²) in [7, 11) is -1.57. The number of hydrogen-bond acceptors (Lipinski definition) is 4. The zero-order valence-corrected chi connectivity index (χ0v) is 11.2. The Morgan fingerprint density at radius 1 is 1.39 bits per heavy atom. The van der Waals surface area contributed by atoms with E-state index in [4.69, 9.17) is 4.89 Å². The van der Waals surface area contributed by atoms with Gasteiger partial charge in [-0.05, 0) is 30.2 Å². The summed E-state index contributed by atoms with van der Waals surface area (Å²) in [5.41, 5.74) is 2.17. The summed E-state index contributed by atoms with van der Waals surface area (Å²) in [6.07, 6.45) is 1.81. The molecule has 0 bridgehead atoms. The van der Waals surface area contributed by atoms with E-state index in [1.807, 2.05) is 6.08 Å². The first-order chi connectivity index (χ1) is 8.52. The summed E-state index contributed by atoms with van der Waals surface area (Å²) >= 11 is 0. The first kappa shape index (κ1) is 14.6. The van der Waals surface area contributed by atoms with E-state index in [0.29, 0.717) is 5.56 Å². The van der Waals surface area contributed by atoms with Crippen LogP contribution in [0.15, 0.2) is 29.8 Å². The molecule has 0 fully saturated rings. The molecule has 0 radical (unpaired) electrons. The summed E-state index contributed by atoms with van der Waals surface area (Å²) in [4.78, 5) is 19.7. The smallest absolute Gasteiger partial charge is 0.337 e. The van der Waals surface area contributed by atoms with Gasteiger partial charge in [-0.25, -0.2) is 4.79 Å². The Morgan fingerprint density at radius 3 is 2.50 bits per heavy atom. The largest absolute Gasteiger partial charge is 0.465 e. The third kappa shape index (κ3) is 4.84. The minimum Gasteiger partial charge on any atom is -0.465 e. The van der Waals surface area contributed by atoms with Gasteiger partial charge < -0.3 is 14.2 Å². The molecule has 18 heavy (non-hydrogen) atoms. The van der Waals surface area contributed by atoms with E-state index in [9.17, 15) is 9.36 Å². The number of benzene rings is 1. The molecule has 0 heterocycles. The standard InChI is InChI=1S/C12H15O5P/c1-9(8-17-18(14)15)7-10-3-5-11(6-4-10)12(13)16-2/h3-7,18H,8H2,1-2H3,(H,14,15). The Bertz CT molecular complexity index is 464. The van der Waals surface area contributed by atoms with Crippen LogP contribution < -0.4 is 0 Å². The summed E-state index contributed by atoms with van der Waals surface area (Å²) in [6, 6.07) is 6.83. The molecule has 1 N–H and O–H groups in total. The van der Waals surface area contributed by atoms with Gasteiger partial charge in [-0.1, -0.05) is 18.2 Å². The molecule has 0 saturated carbocycles. The van der Waals surface area contributed by atoms with E-state index in [1.165, 1.54) is 7.11 Å². The van der Waals surface area contributed by atoms with Gasteiger partial charge in [0, 0.05) is 0 Å². The Morgan fingerprint density at radius 2 is 2.00 bits per heavy atom. The van der Waals surface area contributed by atoms with Gasteiger partial charge >= 0.3 is 14.2 Å². The van der Waals surface area contributed by atoms with Gasteiger partial charge in [0.15, 0.2) is 0 Å². The molecule has 0 saturated heterocycles. The fourth-order valence-electron chi connectivity index (χ4n) is 1.34. The molecule has 1 aromatic carbocycles. The maximum absolute atomic E-state index is 11.2. The number of esters is 1. The predicted octanol–water partition coefficient (Wildman–Crippen LogP) is 2.28. The molecule has 98 valence electrons. The van der Waals surface area contributed by atoms with Crippen molar-refractivity contribution in [3.8, 4) is 0 Å². The lowest BCUT2D eigenvalue weighted by molar-refractivity contribution is 0.0600. The van der Waals surface area contributed by atoms with Gasteiger partial charge in [0.05, 0.1) is 19.3 Å². The maximum Gasteiger partial charge on any atom is 0.337 e. The van der Waals surface area contributed by atoms with Crippen LogP contribution in [0.4, 0.5) is 0 Å². The van der Waals surface area contributed by atoms with Crippen LogP contribution in [0.2, 0.25) is 0 Å². The minimum absolute atomic E-state index is 0.104. The van der Waals surface area contributed by atoms with E-state index < -0.39 is 8.25 Å². The number of methoxy groups -OCH3 is 1. The van der Waals surface area contributed by atoms with Crippen molar-refractivity contribution in [2.75, 3.05) is 13.7 Å². The summed E-state index contributed by atoms with van der Waals surface area (Å²) in [5, 5.41) is 0. The number of carbonyl (C=O) groups excluding carboxylic acids is 1. The zero-order chi connectivity index (χ0) is 13.5. The van der Waals surface area contributed by atoms with Gasteiger partial charge in [-0.15, -0.1) is 0 Å². The highest BCUT2D eigenvalue weighted by Gasteiger charge is 2.03. The topological polar surface area (TPSA) is 72.8 Å². The Hall–Kier alpha value is -1.42. The van der Waals surface area contributed by atoms with Crippen molar-refractivity contribution in [2.24, 2.45) is 0 Å². The lowest BCUT2D eigenvalue weighted by atomic mass is 10.1. The summed E-state index contributed by atoms with van der Waals surface area (Å²) < 4.78 is 19.6. The van der Waals surface area contributed by atoms with Crippen LogP contribution in [0, 0.1) is 0 Å². The molecule has 1 aromatic rings. The minimum atomic E-state index is -2.89. The van der Waals surface area contributed by atoms with Crippen LogP contribution in [0.1, 0.15) is 22.8 Å². The molecular formula is C12H15O5P. The number of rotatable bonds is 5. The third-order valence-electron chi connectivity index (χ3n) is 2.17. The molecule has 0 aliphatic carbocycles. The molecule has 5 nitrogen and oxygen atoms in total. The van der Waals surface area contributed by atoms with Crippen molar-refractivity contribution >= 4 is 20.3 Å². The Kier molecular flexibility index (Phi) is 5.78. The molecule has 0 aromatic heterocycles. The molecular weight excluding hydrogens is 255 g/mol. The fraction of sp³-hybridized carbons (Fsp3) is 0.250. The number of carbonyl (C=O) groups is 1. The molecule has 1 unspecified atom stereocenters. The molecule has 0 aliphatic rings. The van der Waals surface area contributed by atoms with Crippen molar-refractivity contribution in [2.45, 2.75) is 6.92 Å². The Balaban J connectivity index is 2.70. The van der Waals surface area contributed by atoms with Gasteiger partial charge in [0.1, 0.15) is 0 Å². The highest BCUT2D eigenvalue weighted by molar-refractivity contribution is 7.32. The summed E-state index contributed by atoms with van der Waals surface area (Å²) in [6.45, 7) is 1.89. The van der Waals surface area contributed by atoms with Crippen molar-refractivity contribution in [3.05, 3.63) is 41.0 Å². The third-order valence-corrected chi connectivity index (χ3v) is 2.56. The molecule has 0 amide bonds. The van der Waals surface area contributed by atoms with Crippen molar-refractivity contribution in [1.82, 2.24) is 0 Å². The highest BCUT2D eigenvalue weighted by Crippen LogP contribution is 2.17. The summed E-state index contributed by atoms with van der Waals surface area (Å²) in [5.74, 6) is -0.385. The van der Waals surface area contributed by atoms with Crippen LogP contribution >= 0.6 is 8.25 Å². The molecule has 0 aliphatic heterocycles. The molecule has 1 rings (SSSR count). The van der Waals surface area contributed by atoms with Crippen LogP contribution in [-0.4, -0.2) is 24.6 Å². The fourth-order valence-corrected chi connectivity index (χ4v) is 1.69. The number of ether oxygens (including phenoxy) is 1. The normalized spacial score (nSPS) is 13.2. The van der Waals surface area contributed by atoms with E-state index in [0.717, 1.165) is 11.1 Å². The van der Waals surface area contributed by atoms with Crippen molar-refractivity contribution in [1.29, 1.82) is 0 Å². The molecule has 1 atom stereocenters. The lowest BCUT2D eigenvalue weighted by Crippen LogP contribution is -2.00. The van der Waals surface area contributed by atoms with Gasteiger partial charge in [0.2, 0.25) is 0 Å². The first-order valence-corrected chi connectivity index (χ1v) is 6.50. The Labute approximate surface area is 106 Å². The second kappa shape index (κ2) is 7.11. The first-order valence-electron chi connectivity index (χ1n) is 5.24. The van der Waals surface area contributed by atoms with Crippen LogP contribution in [-0.2, 0) is 13.8 Å². The van der Waals surface area contributed by atoms with E-state index in [2.05, 4.69) is 9.26 Å². The average molecular weight is 270 g/mol. The molecule has 0 spiro atoms. The zero-order valence-electron chi connectivity index (χ0n) is 10.2. The van der Waals surface area contributed by atoms with Gasteiger partial charge in [-0.2, -0.15) is 0 Å². The second-order valence-corrected chi connectivity index (χ2v) is 4.48. The van der Waals surface area contributed by atoms with Crippen molar-refractivity contribution in [3.63, 3.8) is 0 Å². The predicted molar refractivity (Wildman–Crippen MR) is 68.6 cm³/mol. The highest BCUT2D eigenvalue weighted by atomic mass is 31.1. The monoisotopic (exact) mass is 270 g/mol. The van der Waals surface area contributed by atoms with E-state index in [-0.39, 0.29) is 12.6 Å². The van der Waals surface area contributed by atoms with Crippen LogP contribution in [0.5, 0.6) is 0 Å². The van der Waals surface area contributed by atoms with E-state index >= 15 is 0 Å². The van der Waals surface area contributed by atoms with Crippen molar-refractivity contribution < 1.29 is 23.5 Å². The second-order valence-electron chi connectivity index (χ2n) is 3.66. The van der Waals surface area contributed by atoms with E-state index in [1.54, 1.807) is 31.2 Å². The lowest BCUT2D eigenvalue weighted by Gasteiger charge is -2.02. The van der Waals surface area contributed by atoms with Gasteiger partial charge in [0.25, 0.3) is 0 Å². The van der Waals surface area contributed by atoms with Crippen LogP contribution in [0.3, 0.4) is 0 Å². The average Bonchev–Trinajstić information content (AvgIpc) is 2.36. The SMILES string of the molecule is COC(=O)c1ccc(C=C(C)CO[PH](=O)O)cc1. The number of hydrogen-bond donors (Lipinski definition) is 1. The maximum atomic E-state index is 11.2. The quantitative estimate of drug-likeness (QED) is 0.656. The van der Waals surface area contributed by atoms with Gasteiger partial charge in [-0.3, -0.25) is 4.57 Å². The van der Waals surface area contributed by atoms with Crippen LogP contribution in [0.25, 0.3) is 6.08 Å². The molecule has 6 heteroatoms.